The number of hydrogen-bond acceptors (Lipinski definition) is 4. The SMILES string of the molecule is NC(=O)[C@@H]1CCO[C@@H]1CC1CCN(C(=O)c2ccc(CO)cc2)CC1. The van der Waals surface area contributed by atoms with Gasteiger partial charge in [0, 0.05) is 25.3 Å². The van der Waals surface area contributed by atoms with Crippen LogP contribution in [0.5, 0.6) is 0 Å². The minimum Gasteiger partial charge on any atom is -0.392 e. The van der Waals surface area contributed by atoms with Gasteiger partial charge >= 0.3 is 0 Å². The second kappa shape index (κ2) is 7.97. The molecule has 6 nitrogen and oxygen atoms in total. The summed E-state index contributed by atoms with van der Waals surface area (Å²) in [5, 5.41) is 9.08. The van der Waals surface area contributed by atoms with Gasteiger partial charge in [0.25, 0.3) is 5.91 Å². The van der Waals surface area contributed by atoms with E-state index in [0.29, 0.717) is 18.1 Å². The number of carbonyl (C=O) groups excluding carboxylic acids is 2. The largest absolute Gasteiger partial charge is 0.392 e. The molecule has 25 heavy (non-hydrogen) atoms. The lowest BCUT2D eigenvalue weighted by Crippen LogP contribution is -2.40. The van der Waals surface area contributed by atoms with Crippen molar-refractivity contribution in [2.24, 2.45) is 17.6 Å². The van der Waals surface area contributed by atoms with Gasteiger partial charge in [-0.1, -0.05) is 12.1 Å². The van der Waals surface area contributed by atoms with Crippen molar-refractivity contribution >= 4 is 11.8 Å². The molecule has 0 bridgehead atoms. The molecule has 0 saturated carbocycles. The van der Waals surface area contributed by atoms with Crippen LogP contribution < -0.4 is 5.73 Å². The normalized spacial score (nSPS) is 24.4. The highest BCUT2D eigenvalue weighted by molar-refractivity contribution is 5.94. The van der Waals surface area contributed by atoms with E-state index in [2.05, 4.69) is 0 Å². The smallest absolute Gasteiger partial charge is 0.253 e. The van der Waals surface area contributed by atoms with Crippen LogP contribution >= 0.6 is 0 Å². The number of nitrogens with two attached hydrogens (primary N) is 1. The first-order valence-electron chi connectivity index (χ1n) is 8.98. The van der Waals surface area contributed by atoms with Gasteiger partial charge in [-0.3, -0.25) is 9.59 Å². The third-order valence-corrected chi connectivity index (χ3v) is 5.43. The minimum atomic E-state index is -0.263. The zero-order valence-corrected chi connectivity index (χ0v) is 14.4. The van der Waals surface area contributed by atoms with Crippen LogP contribution in [-0.4, -0.2) is 47.6 Å². The lowest BCUT2D eigenvalue weighted by atomic mass is 9.86. The highest BCUT2D eigenvalue weighted by Gasteiger charge is 2.35. The summed E-state index contributed by atoms with van der Waals surface area (Å²) in [4.78, 5) is 25.9. The first kappa shape index (κ1) is 17.9. The fourth-order valence-corrected chi connectivity index (χ4v) is 3.84. The molecule has 2 saturated heterocycles. The maximum Gasteiger partial charge on any atom is 0.253 e. The highest BCUT2D eigenvalue weighted by atomic mass is 16.5. The predicted octanol–water partition coefficient (Wildman–Crippen LogP) is 1.31. The maximum atomic E-state index is 12.6. The Labute approximate surface area is 147 Å². The van der Waals surface area contributed by atoms with E-state index in [1.807, 2.05) is 4.90 Å². The molecule has 2 amide bonds. The van der Waals surface area contributed by atoms with Crippen molar-refractivity contribution < 1.29 is 19.4 Å². The van der Waals surface area contributed by atoms with Crippen LogP contribution in [0, 0.1) is 11.8 Å². The number of nitrogens with zero attached hydrogens (tertiary/aromatic N) is 1. The van der Waals surface area contributed by atoms with Crippen LogP contribution in [0.1, 0.15) is 41.6 Å². The van der Waals surface area contributed by atoms with E-state index in [1.165, 1.54) is 0 Å². The third-order valence-electron chi connectivity index (χ3n) is 5.43. The van der Waals surface area contributed by atoms with E-state index in [9.17, 15) is 9.59 Å². The van der Waals surface area contributed by atoms with Crippen molar-refractivity contribution in [3.8, 4) is 0 Å². The number of aliphatic hydroxyl groups is 1. The van der Waals surface area contributed by atoms with Crippen LogP contribution in [0.4, 0.5) is 0 Å². The average Bonchev–Trinajstić information content (AvgIpc) is 3.10. The number of amides is 2. The number of carbonyl (C=O) groups is 2. The summed E-state index contributed by atoms with van der Waals surface area (Å²) in [7, 11) is 0. The number of rotatable bonds is 5. The molecule has 0 unspecified atom stereocenters. The third kappa shape index (κ3) is 4.19. The lowest BCUT2D eigenvalue weighted by Gasteiger charge is -2.33. The molecule has 1 aromatic rings. The summed E-state index contributed by atoms with van der Waals surface area (Å²) < 4.78 is 5.69. The quantitative estimate of drug-likeness (QED) is 0.841. The Balaban J connectivity index is 1.51. The molecule has 2 heterocycles. The van der Waals surface area contributed by atoms with Crippen LogP contribution in [0.2, 0.25) is 0 Å². The maximum absolute atomic E-state index is 12.6. The van der Waals surface area contributed by atoms with Crippen molar-refractivity contribution in [2.45, 2.75) is 38.4 Å². The van der Waals surface area contributed by atoms with Crippen molar-refractivity contribution in [3.63, 3.8) is 0 Å². The standard InChI is InChI=1S/C19H26N2O4/c20-18(23)16-7-10-25-17(16)11-13-5-8-21(9-6-13)19(24)15-3-1-14(12-22)2-4-15/h1-4,13,16-17,22H,5-12H2,(H2,20,23)/t16-,17-/m1/s1. The Hall–Kier alpha value is -1.92. The van der Waals surface area contributed by atoms with Gasteiger partial charge in [0.05, 0.1) is 18.6 Å². The van der Waals surface area contributed by atoms with Gasteiger partial charge in [-0.05, 0) is 49.3 Å². The van der Waals surface area contributed by atoms with Gasteiger partial charge in [0.1, 0.15) is 0 Å². The summed E-state index contributed by atoms with van der Waals surface area (Å²) in [5.41, 5.74) is 6.91. The minimum absolute atomic E-state index is 0.0185. The number of primary amides is 1. The molecule has 3 N–H and O–H groups in total. The monoisotopic (exact) mass is 346 g/mol. The zero-order chi connectivity index (χ0) is 17.8. The predicted molar refractivity (Wildman–Crippen MR) is 92.7 cm³/mol. The molecular formula is C19H26N2O4. The summed E-state index contributed by atoms with van der Waals surface area (Å²) in [6.45, 7) is 2.03. The Morgan fingerprint density at radius 1 is 1.16 bits per heavy atom. The lowest BCUT2D eigenvalue weighted by molar-refractivity contribution is -0.123. The zero-order valence-electron chi connectivity index (χ0n) is 14.4. The van der Waals surface area contributed by atoms with E-state index in [0.717, 1.165) is 44.3 Å². The Morgan fingerprint density at radius 2 is 1.84 bits per heavy atom. The van der Waals surface area contributed by atoms with E-state index in [4.69, 9.17) is 15.6 Å². The molecule has 0 aliphatic carbocycles. The van der Waals surface area contributed by atoms with Crippen molar-refractivity contribution in [1.82, 2.24) is 4.90 Å². The molecule has 2 fully saturated rings. The van der Waals surface area contributed by atoms with Gasteiger partial charge in [-0.2, -0.15) is 0 Å². The molecule has 0 radical (unpaired) electrons. The van der Waals surface area contributed by atoms with E-state index < -0.39 is 0 Å². The van der Waals surface area contributed by atoms with Crippen molar-refractivity contribution in [3.05, 3.63) is 35.4 Å². The molecule has 6 heteroatoms. The van der Waals surface area contributed by atoms with Gasteiger partial charge in [-0.15, -0.1) is 0 Å². The van der Waals surface area contributed by atoms with Gasteiger partial charge in [0.15, 0.2) is 0 Å². The van der Waals surface area contributed by atoms with Crippen molar-refractivity contribution in [1.29, 1.82) is 0 Å². The molecule has 2 aliphatic rings. The fraction of sp³-hybridized carbons (Fsp3) is 0.579. The summed E-state index contributed by atoms with van der Waals surface area (Å²) in [5.74, 6) is 0.0759. The van der Waals surface area contributed by atoms with Crippen LogP contribution in [0.15, 0.2) is 24.3 Å². The fourth-order valence-electron chi connectivity index (χ4n) is 3.84. The van der Waals surface area contributed by atoms with E-state index in [1.54, 1.807) is 24.3 Å². The number of benzene rings is 1. The first-order valence-corrected chi connectivity index (χ1v) is 8.98. The number of aliphatic hydroxyl groups excluding tert-OH is 1. The number of likely N-dealkylation sites (tertiary alicyclic amines) is 1. The summed E-state index contributed by atoms with van der Waals surface area (Å²) in [6, 6.07) is 7.09. The molecule has 3 rings (SSSR count). The van der Waals surface area contributed by atoms with Crippen LogP contribution in [0.3, 0.4) is 0 Å². The summed E-state index contributed by atoms with van der Waals surface area (Å²) >= 11 is 0. The number of hydrogen-bond donors (Lipinski definition) is 2. The Kier molecular flexibility index (Phi) is 5.71. The highest BCUT2D eigenvalue weighted by Crippen LogP contribution is 2.31. The molecule has 2 atom stereocenters. The van der Waals surface area contributed by atoms with Crippen molar-refractivity contribution in [2.75, 3.05) is 19.7 Å². The first-order chi connectivity index (χ1) is 12.1. The molecule has 136 valence electrons. The molecule has 0 spiro atoms. The number of piperidine rings is 1. The average molecular weight is 346 g/mol. The Bertz CT molecular complexity index is 608. The molecule has 0 aromatic heterocycles. The van der Waals surface area contributed by atoms with Gasteiger partial charge in [0.2, 0.25) is 5.91 Å². The van der Waals surface area contributed by atoms with Gasteiger partial charge in [-0.25, -0.2) is 0 Å². The van der Waals surface area contributed by atoms with E-state index in [-0.39, 0.29) is 30.4 Å². The van der Waals surface area contributed by atoms with Crippen LogP contribution in [-0.2, 0) is 16.1 Å². The summed E-state index contributed by atoms with van der Waals surface area (Å²) in [6.07, 6.45) is 3.36. The second-order valence-electron chi connectivity index (χ2n) is 7.03. The second-order valence-corrected chi connectivity index (χ2v) is 7.03. The Morgan fingerprint density at radius 3 is 2.44 bits per heavy atom. The molecular weight excluding hydrogens is 320 g/mol. The molecule has 1 aromatic carbocycles. The van der Waals surface area contributed by atoms with Crippen LogP contribution in [0.25, 0.3) is 0 Å². The topological polar surface area (TPSA) is 92.9 Å². The number of ether oxygens (including phenoxy) is 1. The van der Waals surface area contributed by atoms with Gasteiger partial charge < -0.3 is 20.5 Å². The van der Waals surface area contributed by atoms with E-state index >= 15 is 0 Å². The molecule has 2 aliphatic heterocycles.